The summed E-state index contributed by atoms with van der Waals surface area (Å²) >= 11 is 0. The molecular formula is C20H17F2N3O3S. The molecule has 6 nitrogen and oxygen atoms in total. The number of fused-ring (bicyclic) bond motifs is 1. The van der Waals surface area contributed by atoms with Crippen LogP contribution < -0.4 is 10.0 Å². The van der Waals surface area contributed by atoms with Gasteiger partial charge in [0.15, 0.2) is 11.6 Å². The molecule has 1 aliphatic carbocycles. The standard InChI is InChI=1S/C20H17F2N3O3S/c21-16-7-5-13(10-17(16)22)25-29(27,28)14-6-8-19(23-11-14)24-20-15-4-2-1-3-12(15)9-18(20)26/h1-8,10-11,18,20,25-26H,9H2,(H,23,24)/t18-,20+/m1/s1. The van der Waals surface area contributed by atoms with Crippen LogP contribution in [0.1, 0.15) is 17.2 Å². The van der Waals surface area contributed by atoms with Gasteiger partial charge >= 0.3 is 0 Å². The Morgan fingerprint density at radius 1 is 1.03 bits per heavy atom. The van der Waals surface area contributed by atoms with Gasteiger partial charge < -0.3 is 10.4 Å². The van der Waals surface area contributed by atoms with E-state index in [1.807, 2.05) is 24.3 Å². The summed E-state index contributed by atoms with van der Waals surface area (Å²) in [7, 11) is -4.03. The van der Waals surface area contributed by atoms with E-state index in [1.54, 1.807) is 0 Å². The van der Waals surface area contributed by atoms with Crippen molar-refractivity contribution in [1.29, 1.82) is 0 Å². The second kappa shape index (κ2) is 7.41. The van der Waals surface area contributed by atoms with Crippen molar-refractivity contribution in [2.24, 2.45) is 0 Å². The average Bonchev–Trinajstić information content (AvgIpc) is 3.00. The molecule has 0 spiro atoms. The van der Waals surface area contributed by atoms with Crippen LogP contribution in [0.3, 0.4) is 0 Å². The predicted molar refractivity (Wildman–Crippen MR) is 104 cm³/mol. The molecule has 0 unspecified atom stereocenters. The van der Waals surface area contributed by atoms with E-state index >= 15 is 0 Å². The summed E-state index contributed by atoms with van der Waals surface area (Å²) in [6, 6.07) is 12.9. The van der Waals surface area contributed by atoms with Gasteiger partial charge in [0.2, 0.25) is 0 Å². The number of anilines is 2. The molecule has 3 N–H and O–H groups in total. The van der Waals surface area contributed by atoms with Crippen LogP contribution >= 0.6 is 0 Å². The van der Waals surface area contributed by atoms with E-state index in [2.05, 4.69) is 15.0 Å². The van der Waals surface area contributed by atoms with Crippen LogP contribution in [0.2, 0.25) is 0 Å². The van der Waals surface area contributed by atoms with Crippen molar-refractivity contribution in [2.45, 2.75) is 23.5 Å². The van der Waals surface area contributed by atoms with Crippen molar-refractivity contribution < 1.29 is 22.3 Å². The van der Waals surface area contributed by atoms with E-state index in [4.69, 9.17) is 0 Å². The molecule has 0 fully saturated rings. The number of benzene rings is 2. The first-order chi connectivity index (χ1) is 13.8. The zero-order chi connectivity index (χ0) is 20.6. The van der Waals surface area contributed by atoms with E-state index in [-0.39, 0.29) is 16.6 Å². The normalized spacial score (nSPS) is 18.3. The second-order valence-corrected chi connectivity index (χ2v) is 8.39. The smallest absolute Gasteiger partial charge is 0.263 e. The molecule has 1 aromatic heterocycles. The van der Waals surface area contributed by atoms with Gasteiger partial charge in [-0.2, -0.15) is 0 Å². The number of aromatic nitrogens is 1. The van der Waals surface area contributed by atoms with Crippen molar-refractivity contribution in [3.63, 3.8) is 0 Å². The Morgan fingerprint density at radius 2 is 1.83 bits per heavy atom. The summed E-state index contributed by atoms with van der Waals surface area (Å²) in [5.41, 5.74) is 1.92. The summed E-state index contributed by atoms with van der Waals surface area (Å²) in [5, 5.41) is 13.4. The molecule has 0 saturated carbocycles. The lowest BCUT2D eigenvalue weighted by atomic mass is 10.1. The Labute approximate surface area is 166 Å². The van der Waals surface area contributed by atoms with Crippen LogP contribution in [0.5, 0.6) is 0 Å². The number of hydrogen-bond acceptors (Lipinski definition) is 5. The Hall–Kier alpha value is -3.04. The number of aliphatic hydroxyl groups is 1. The molecule has 1 aliphatic rings. The average molecular weight is 417 g/mol. The molecule has 0 bridgehead atoms. The molecule has 150 valence electrons. The number of nitrogens with zero attached hydrogens (tertiary/aromatic N) is 1. The second-order valence-electron chi connectivity index (χ2n) is 6.71. The highest BCUT2D eigenvalue weighted by Crippen LogP contribution is 2.33. The highest BCUT2D eigenvalue weighted by atomic mass is 32.2. The predicted octanol–water partition coefficient (Wildman–Crippen LogP) is 3.23. The van der Waals surface area contributed by atoms with Crippen LogP contribution in [-0.4, -0.2) is 24.6 Å². The van der Waals surface area contributed by atoms with Crippen molar-refractivity contribution in [1.82, 2.24) is 4.98 Å². The van der Waals surface area contributed by atoms with Crippen LogP contribution in [0, 0.1) is 11.6 Å². The molecule has 9 heteroatoms. The zero-order valence-corrected chi connectivity index (χ0v) is 15.8. The molecule has 3 aromatic rings. The molecule has 0 radical (unpaired) electrons. The van der Waals surface area contributed by atoms with Gasteiger partial charge in [0, 0.05) is 18.7 Å². The number of pyridine rings is 1. The maximum absolute atomic E-state index is 13.3. The minimum atomic E-state index is -4.03. The zero-order valence-electron chi connectivity index (χ0n) is 15.0. The Kier molecular flexibility index (Phi) is 4.93. The fraction of sp³-hybridized carbons (Fsp3) is 0.150. The molecule has 0 saturated heterocycles. The summed E-state index contributed by atoms with van der Waals surface area (Å²) in [4.78, 5) is 3.97. The first kappa shape index (κ1) is 19.3. The van der Waals surface area contributed by atoms with E-state index in [9.17, 15) is 22.3 Å². The van der Waals surface area contributed by atoms with E-state index in [0.717, 1.165) is 35.5 Å². The molecule has 29 heavy (non-hydrogen) atoms. The van der Waals surface area contributed by atoms with Crippen LogP contribution in [0.25, 0.3) is 0 Å². The molecule has 0 aliphatic heterocycles. The van der Waals surface area contributed by atoms with E-state index in [0.29, 0.717) is 12.2 Å². The summed E-state index contributed by atoms with van der Waals surface area (Å²) < 4.78 is 53.4. The fourth-order valence-electron chi connectivity index (χ4n) is 3.31. The monoisotopic (exact) mass is 417 g/mol. The lowest BCUT2D eigenvalue weighted by molar-refractivity contribution is 0.165. The lowest BCUT2D eigenvalue weighted by Crippen LogP contribution is -2.21. The molecule has 2 atom stereocenters. The number of sulfonamides is 1. The molecular weight excluding hydrogens is 400 g/mol. The molecule has 0 amide bonds. The molecule has 2 aromatic carbocycles. The Morgan fingerprint density at radius 3 is 2.55 bits per heavy atom. The largest absolute Gasteiger partial charge is 0.390 e. The van der Waals surface area contributed by atoms with Gasteiger partial charge in [-0.05, 0) is 35.4 Å². The maximum atomic E-state index is 13.3. The maximum Gasteiger partial charge on any atom is 0.263 e. The minimum absolute atomic E-state index is 0.100. The number of rotatable bonds is 5. The van der Waals surface area contributed by atoms with Gasteiger partial charge in [-0.25, -0.2) is 22.2 Å². The van der Waals surface area contributed by atoms with Gasteiger partial charge in [0.1, 0.15) is 10.7 Å². The number of nitrogens with one attached hydrogen (secondary N) is 2. The van der Waals surface area contributed by atoms with Crippen molar-refractivity contribution in [3.05, 3.63) is 83.6 Å². The summed E-state index contributed by atoms with van der Waals surface area (Å²) in [6.45, 7) is 0. The summed E-state index contributed by atoms with van der Waals surface area (Å²) in [5.74, 6) is -1.82. The highest BCUT2D eigenvalue weighted by molar-refractivity contribution is 7.92. The third-order valence-electron chi connectivity index (χ3n) is 4.73. The quantitative estimate of drug-likeness (QED) is 0.593. The third kappa shape index (κ3) is 3.92. The topological polar surface area (TPSA) is 91.3 Å². The first-order valence-corrected chi connectivity index (χ1v) is 10.3. The molecule has 4 rings (SSSR count). The van der Waals surface area contributed by atoms with E-state index < -0.39 is 27.8 Å². The van der Waals surface area contributed by atoms with Gasteiger partial charge in [-0.15, -0.1) is 0 Å². The van der Waals surface area contributed by atoms with Gasteiger partial charge in [-0.1, -0.05) is 24.3 Å². The molecule has 1 heterocycles. The SMILES string of the molecule is O=S(=O)(Nc1ccc(F)c(F)c1)c1ccc(N[C@H]2c3ccccc3C[C@H]2O)nc1. The minimum Gasteiger partial charge on any atom is -0.390 e. The van der Waals surface area contributed by atoms with Crippen molar-refractivity contribution in [3.8, 4) is 0 Å². The Bertz CT molecular complexity index is 1150. The summed E-state index contributed by atoms with van der Waals surface area (Å²) in [6.07, 6.45) is 1.06. The number of aliphatic hydroxyl groups excluding tert-OH is 1. The Balaban J connectivity index is 1.51. The number of halogens is 2. The van der Waals surface area contributed by atoms with Crippen LogP contribution in [0.15, 0.2) is 65.7 Å². The third-order valence-corrected chi connectivity index (χ3v) is 6.09. The van der Waals surface area contributed by atoms with Gasteiger partial charge in [0.25, 0.3) is 10.0 Å². The van der Waals surface area contributed by atoms with Crippen LogP contribution in [-0.2, 0) is 16.4 Å². The van der Waals surface area contributed by atoms with Gasteiger partial charge in [-0.3, -0.25) is 4.72 Å². The van der Waals surface area contributed by atoms with Crippen LogP contribution in [0.4, 0.5) is 20.3 Å². The number of hydrogen-bond donors (Lipinski definition) is 3. The fourth-order valence-corrected chi connectivity index (χ4v) is 4.30. The van der Waals surface area contributed by atoms with Crippen molar-refractivity contribution in [2.75, 3.05) is 10.0 Å². The van der Waals surface area contributed by atoms with Crippen molar-refractivity contribution >= 4 is 21.5 Å². The lowest BCUT2D eigenvalue weighted by Gasteiger charge is -2.18. The first-order valence-electron chi connectivity index (χ1n) is 8.80. The van der Waals surface area contributed by atoms with E-state index in [1.165, 1.54) is 12.1 Å². The van der Waals surface area contributed by atoms with Gasteiger partial charge in [0.05, 0.1) is 17.8 Å². The highest BCUT2D eigenvalue weighted by Gasteiger charge is 2.30.